The molecule has 1 aromatic carbocycles. The highest BCUT2D eigenvalue weighted by atomic mass is 16.5. The molecule has 1 atom stereocenters. The molecular formula is C18H25NO3. The number of amides is 1. The van der Waals surface area contributed by atoms with Crippen molar-refractivity contribution in [2.75, 3.05) is 26.8 Å². The maximum atomic E-state index is 12.4. The van der Waals surface area contributed by atoms with Crippen LogP contribution in [-0.4, -0.2) is 42.7 Å². The van der Waals surface area contributed by atoms with E-state index in [2.05, 4.69) is 0 Å². The molecule has 0 bridgehead atoms. The summed E-state index contributed by atoms with van der Waals surface area (Å²) in [5.41, 5.74) is 2.10. The van der Waals surface area contributed by atoms with Crippen LogP contribution in [0.3, 0.4) is 0 Å². The SMILES string of the molecule is COc1ccccc1C/C(C)=C/C(=O)N1CCCC(CO)C1. The number of ether oxygens (including phenoxy) is 1. The molecule has 0 saturated carbocycles. The molecule has 4 nitrogen and oxygen atoms in total. The summed E-state index contributed by atoms with van der Waals surface area (Å²) in [5.74, 6) is 1.12. The number of hydrogen-bond acceptors (Lipinski definition) is 3. The Morgan fingerprint density at radius 2 is 2.23 bits per heavy atom. The average molecular weight is 303 g/mol. The van der Waals surface area contributed by atoms with E-state index in [0.717, 1.165) is 36.3 Å². The minimum Gasteiger partial charge on any atom is -0.496 e. The van der Waals surface area contributed by atoms with E-state index in [1.807, 2.05) is 36.1 Å². The summed E-state index contributed by atoms with van der Waals surface area (Å²) in [5, 5.41) is 9.26. The first-order valence-electron chi connectivity index (χ1n) is 7.83. The van der Waals surface area contributed by atoms with E-state index in [1.54, 1.807) is 13.2 Å². The van der Waals surface area contributed by atoms with Crippen LogP contribution in [0.2, 0.25) is 0 Å². The van der Waals surface area contributed by atoms with Crippen molar-refractivity contribution in [1.82, 2.24) is 4.90 Å². The number of piperidine rings is 1. The van der Waals surface area contributed by atoms with Gasteiger partial charge in [-0.05, 0) is 43.7 Å². The van der Waals surface area contributed by atoms with Crippen LogP contribution in [0.4, 0.5) is 0 Å². The minimum absolute atomic E-state index is 0.0468. The summed E-state index contributed by atoms with van der Waals surface area (Å²) < 4.78 is 5.35. The van der Waals surface area contributed by atoms with Crippen LogP contribution in [0, 0.1) is 5.92 Å². The fraction of sp³-hybridized carbons (Fsp3) is 0.500. The molecule has 1 aliphatic heterocycles. The number of aliphatic hydroxyl groups is 1. The Hall–Kier alpha value is -1.81. The van der Waals surface area contributed by atoms with Crippen LogP contribution in [0.5, 0.6) is 5.75 Å². The third kappa shape index (κ3) is 4.34. The number of carbonyl (C=O) groups is 1. The quantitative estimate of drug-likeness (QED) is 0.850. The number of benzene rings is 1. The second-order valence-corrected chi connectivity index (χ2v) is 5.95. The van der Waals surface area contributed by atoms with Crippen molar-refractivity contribution in [3.8, 4) is 5.75 Å². The molecule has 1 fully saturated rings. The summed E-state index contributed by atoms with van der Waals surface area (Å²) in [6, 6.07) is 7.86. The first-order chi connectivity index (χ1) is 10.6. The lowest BCUT2D eigenvalue weighted by molar-refractivity contribution is -0.128. The standard InChI is InChI=1S/C18H25NO3/c1-14(10-16-7-3-4-8-17(16)22-2)11-18(21)19-9-5-6-15(12-19)13-20/h3-4,7-8,11,15,20H,5-6,9-10,12-13H2,1-2H3/b14-11+. The van der Waals surface area contributed by atoms with Gasteiger partial charge in [0.2, 0.25) is 5.91 Å². The fourth-order valence-electron chi connectivity index (χ4n) is 2.92. The predicted molar refractivity (Wildman–Crippen MR) is 86.8 cm³/mol. The van der Waals surface area contributed by atoms with Crippen molar-refractivity contribution in [3.63, 3.8) is 0 Å². The number of nitrogens with zero attached hydrogens (tertiary/aromatic N) is 1. The van der Waals surface area contributed by atoms with E-state index in [0.29, 0.717) is 13.0 Å². The predicted octanol–water partition coefficient (Wildman–Crippen LogP) is 2.41. The third-order valence-electron chi connectivity index (χ3n) is 4.12. The zero-order chi connectivity index (χ0) is 15.9. The van der Waals surface area contributed by atoms with E-state index in [4.69, 9.17) is 4.74 Å². The third-order valence-corrected chi connectivity index (χ3v) is 4.12. The molecule has 0 spiro atoms. The molecule has 4 heteroatoms. The summed E-state index contributed by atoms with van der Waals surface area (Å²) in [6.07, 6.45) is 4.39. The lowest BCUT2D eigenvalue weighted by Crippen LogP contribution is -2.40. The largest absolute Gasteiger partial charge is 0.496 e. The number of aliphatic hydroxyl groups excluding tert-OH is 1. The minimum atomic E-state index is 0.0468. The summed E-state index contributed by atoms with van der Waals surface area (Å²) in [4.78, 5) is 14.2. The first-order valence-corrected chi connectivity index (χ1v) is 7.83. The molecule has 2 rings (SSSR count). The lowest BCUT2D eigenvalue weighted by atomic mass is 9.98. The zero-order valence-corrected chi connectivity index (χ0v) is 13.4. The summed E-state index contributed by atoms with van der Waals surface area (Å²) in [6.45, 7) is 3.58. The van der Waals surface area contributed by atoms with Crippen molar-refractivity contribution < 1.29 is 14.6 Å². The molecule has 22 heavy (non-hydrogen) atoms. The van der Waals surface area contributed by atoms with E-state index in [9.17, 15) is 9.90 Å². The normalized spacial score (nSPS) is 19.1. The van der Waals surface area contributed by atoms with Gasteiger partial charge in [0.1, 0.15) is 5.75 Å². The second kappa shape index (κ2) is 7.99. The van der Waals surface area contributed by atoms with E-state index in [1.165, 1.54) is 0 Å². The van der Waals surface area contributed by atoms with Gasteiger partial charge in [-0.2, -0.15) is 0 Å². The Bertz CT molecular complexity index is 539. The van der Waals surface area contributed by atoms with Crippen LogP contribution >= 0.6 is 0 Å². The molecule has 1 aromatic rings. The summed E-state index contributed by atoms with van der Waals surface area (Å²) in [7, 11) is 1.66. The first kappa shape index (κ1) is 16.6. The van der Waals surface area contributed by atoms with Gasteiger partial charge in [0.25, 0.3) is 0 Å². The highest BCUT2D eigenvalue weighted by Crippen LogP contribution is 2.21. The van der Waals surface area contributed by atoms with Crippen molar-refractivity contribution in [1.29, 1.82) is 0 Å². The number of allylic oxidation sites excluding steroid dienone is 1. The maximum Gasteiger partial charge on any atom is 0.246 e. The number of methoxy groups -OCH3 is 1. The second-order valence-electron chi connectivity index (χ2n) is 5.95. The smallest absolute Gasteiger partial charge is 0.246 e. The molecule has 1 saturated heterocycles. The number of carbonyl (C=O) groups excluding carboxylic acids is 1. The molecule has 120 valence electrons. The number of likely N-dealkylation sites (tertiary alicyclic amines) is 1. The van der Waals surface area contributed by atoms with Gasteiger partial charge in [-0.3, -0.25) is 4.79 Å². The van der Waals surface area contributed by atoms with Crippen LogP contribution in [-0.2, 0) is 11.2 Å². The van der Waals surface area contributed by atoms with E-state index >= 15 is 0 Å². The Morgan fingerprint density at radius 1 is 1.45 bits per heavy atom. The molecule has 1 N–H and O–H groups in total. The van der Waals surface area contributed by atoms with Gasteiger partial charge in [-0.15, -0.1) is 0 Å². The van der Waals surface area contributed by atoms with Crippen molar-refractivity contribution in [3.05, 3.63) is 41.5 Å². The van der Waals surface area contributed by atoms with Gasteiger partial charge in [0.05, 0.1) is 7.11 Å². The van der Waals surface area contributed by atoms with Gasteiger partial charge < -0.3 is 14.7 Å². The monoisotopic (exact) mass is 303 g/mol. The molecule has 1 amide bonds. The number of hydrogen-bond donors (Lipinski definition) is 1. The summed E-state index contributed by atoms with van der Waals surface area (Å²) >= 11 is 0. The van der Waals surface area contributed by atoms with E-state index in [-0.39, 0.29) is 18.4 Å². The molecule has 1 aliphatic rings. The van der Waals surface area contributed by atoms with Crippen molar-refractivity contribution in [2.45, 2.75) is 26.2 Å². The average Bonchev–Trinajstić information content (AvgIpc) is 2.55. The maximum absolute atomic E-state index is 12.4. The molecule has 0 radical (unpaired) electrons. The molecule has 0 aromatic heterocycles. The van der Waals surface area contributed by atoms with Crippen molar-refractivity contribution in [2.24, 2.45) is 5.92 Å². The number of rotatable bonds is 5. The van der Waals surface area contributed by atoms with E-state index < -0.39 is 0 Å². The van der Waals surface area contributed by atoms with Gasteiger partial charge in [0, 0.05) is 25.8 Å². The highest BCUT2D eigenvalue weighted by Gasteiger charge is 2.21. The zero-order valence-electron chi connectivity index (χ0n) is 13.4. The highest BCUT2D eigenvalue weighted by molar-refractivity contribution is 5.88. The fourth-order valence-corrected chi connectivity index (χ4v) is 2.92. The number of para-hydroxylation sites is 1. The molecule has 1 heterocycles. The van der Waals surface area contributed by atoms with Crippen LogP contribution in [0.1, 0.15) is 25.3 Å². The van der Waals surface area contributed by atoms with Crippen LogP contribution in [0.15, 0.2) is 35.9 Å². The van der Waals surface area contributed by atoms with Gasteiger partial charge in [-0.1, -0.05) is 23.8 Å². The molecule has 0 aliphatic carbocycles. The van der Waals surface area contributed by atoms with Gasteiger partial charge in [-0.25, -0.2) is 0 Å². The Kier molecular flexibility index (Phi) is 6.01. The Labute approximate surface area is 132 Å². The van der Waals surface area contributed by atoms with Crippen LogP contribution in [0.25, 0.3) is 0 Å². The lowest BCUT2D eigenvalue weighted by Gasteiger charge is -2.31. The Morgan fingerprint density at radius 3 is 2.95 bits per heavy atom. The topological polar surface area (TPSA) is 49.8 Å². The Balaban J connectivity index is 2.00. The van der Waals surface area contributed by atoms with Crippen molar-refractivity contribution >= 4 is 5.91 Å². The van der Waals surface area contributed by atoms with Crippen LogP contribution < -0.4 is 4.74 Å². The molecular weight excluding hydrogens is 278 g/mol. The molecule has 1 unspecified atom stereocenters. The van der Waals surface area contributed by atoms with Gasteiger partial charge in [0.15, 0.2) is 0 Å². The van der Waals surface area contributed by atoms with Gasteiger partial charge >= 0.3 is 0 Å².